The number of quaternary nitrogens is 1. The van der Waals surface area contributed by atoms with E-state index in [1.54, 1.807) is 19.1 Å². The number of hydrogen-bond acceptors (Lipinski definition) is 15. The van der Waals surface area contributed by atoms with E-state index in [1.807, 2.05) is 24.8 Å². The maximum Gasteiger partial charge on any atom is 0.334 e. The number of methoxy groups -OCH3 is 2. The molecule has 15 nitrogen and oxygen atoms in total. The molecule has 3 fully saturated rings. The van der Waals surface area contributed by atoms with Gasteiger partial charge in [-0.3, -0.25) is 19.7 Å². The largest absolute Gasteiger partial charge is 0.624 e. The number of piperazine rings is 1. The predicted octanol–water partition coefficient (Wildman–Crippen LogP) is 3.69. The lowest BCUT2D eigenvalue weighted by Crippen LogP contribution is -2.69. The van der Waals surface area contributed by atoms with E-state index in [0.717, 1.165) is 11.1 Å². The highest BCUT2D eigenvalue weighted by Crippen LogP contribution is 2.75. The molecule has 8 heterocycles. The highest BCUT2D eigenvalue weighted by molar-refractivity contribution is 7.99. The monoisotopic (exact) mass is 773 g/mol. The topological polar surface area (TPSA) is 185 Å². The maximum absolute atomic E-state index is 16.3. The molecule has 0 aromatic heterocycles. The van der Waals surface area contributed by atoms with Gasteiger partial charge in [-0.15, -0.1) is 11.8 Å². The molecule has 3 aromatic carbocycles. The number of ether oxygens (including phenoxy) is 6. The smallest absolute Gasteiger partial charge is 0.334 e. The van der Waals surface area contributed by atoms with E-state index in [2.05, 4.69) is 5.32 Å². The van der Waals surface area contributed by atoms with Gasteiger partial charge in [0, 0.05) is 35.9 Å². The number of thioether (sulfide) groups is 1. The quantitative estimate of drug-likeness (QED) is 0.115. The molecule has 0 radical (unpaired) electrons. The number of fused-ring (bicyclic) bond motifs is 9. The average molecular weight is 774 g/mol. The number of aryl methyl sites for hydroxylation is 1. The number of carbonyl (C=O) groups excluding carboxylic acids is 3. The number of phenols is 2. The molecule has 8 unspecified atom stereocenters. The van der Waals surface area contributed by atoms with Crippen molar-refractivity contribution in [2.45, 2.75) is 74.6 Å². The average Bonchev–Trinajstić information content (AvgIpc) is 3.39. The summed E-state index contributed by atoms with van der Waals surface area (Å²) < 4.78 is 34.0. The van der Waals surface area contributed by atoms with Crippen LogP contribution in [0.4, 0.5) is 0 Å². The van der Waals surface area contributed by atoms with E-state index in [4.69, 9.17) is 28.4 Å². The SMILES string of the molecule is COc1cc2c(cc1O)CCN[C@]21CSC2c3c(OC(C)=O)c(C)c4c(c3C(COC1=O)[N+]1([O-])C(=O)C3N5C(c6c(cc(C)c(OC)c6O)C35C)C21)OCO4. The van der Waals surface area contributed by atoms with Crippen LogP contribution in [0.15, 0.2) is 18.2 Å². The van der Waals surface area contributed by atoms with Crippen molar-refractivity contribution in [1.29, 1.82) is 0 Å². The van der Waals surface area contributed by atoms with Gasteiger partial charge in [0.15, 0.2) is 52.1 Å². The summed E-state index contributed by atoms with van der Waals surface area (Å²) in [5.41, 5.74) is 2.06. The van der Waals surface area contributed by atoms with Gasteiger partial charge in [-0.25, -0.2) is 9.59 Å². The van der Waals surface area contributed by atoms with Crippen molar-refractivity contribution in [1.82, 2.24) is 10.2 Å². The first kappa shape index (κ1) is 34.7. The molecule has 9 atom stereocenters. The Balaban J connectivity index is 1.26. The van der Waals surface area contributed by atoms with Gasteiger partial charge < -0.3 is 43.8 Å². The number of nitrogens with one attached hydrogen (secondary N) is 1. The van der Waals surface area contributed by atoms with Gasteiger partial charge in [0.1, 0.15) is 18.4 Å². The van der Waals surface area contributed by atoms with Crippen LogP contribution in [0.25, 0.3) is 0 Å². The van der Waals surface area contributed by atoms with Crippen molar-refractivity contribution in [3.63, 3.8) is 0 Å². The molecule has 3 aromatic rings. The Morgan fingerprint density at radius 2 is 1.80 bits per heavy atom. The number of hydrogen-bond donors (Lipinski definition) is 3. The van der Waals surface area contributed by atoms with Crippen LogP contribution in [-0.2, 0) is 36.6 Å². The van der Waals surface area contributed by atoms with E-state index < -0.39 is 69.6 Å². The summed E-state index contributed by atoms with van der Waals surface area (Å²) in [6.07, 6.45) is 0.507. The molecule has 2 bridgehead atoms. The predicted molar refractivity (Wildman–Crippen MR) is 193 cm³/mol. The molecule has 3 saturated heterocycles. The lowest BCUT2D eigenvalue weighted by atomic mass is 9.76. The van der Waals surface area contributed by atoms with Gasteiger partial charge in [-0.1, -0.05) is 0 Å². The number of nitrogens with zero attached hydrogens (tertiary/aromatic N) is 2. The summed E-state index contributed by atoms with van der Waals surface area (Å²) in [4.78, 5) is 44.7. The van der Waals surface area contributed by atoms with Gasteiger partial charge in [-0.2, -0.15) is 0 Å². The highest BCUT2D eigenvalue weighted by Gasteiger charge is 2.83. The molecule has 288 valence electrons. The minimum absolute atomic E-state index is 0.0112. The summed E-state index contributed by atoms with van der Waals surface area (Å²) in [6, 6.07) is 1.01. The second-order valence-electron chi connectivity index (χ2n) is 15.5. The number of hydroxylamine groups is 3. The van der Waals surface area contributed by atoms with Crippen molar-refractivity contribution in [2.24, 2.45) is 0 Å². The van der Waals surface area contributed by atoms with E-state index >= 15 is 10.0 Å². The summed E-state index contributed by atoms with van der Waals surface area (Å²) in [6.45, 7) is 6.43. The standard InChI is InChI=1S/C39H39N3O12S/c1-15-9-20-24(29(45)30(15)50-6)27-28-34-26-25(33-32(52-14-53-33)16(2)31(26)54-17(3)43)21(42(28,48)36(46)35-38(20,4)41(27)35)12-51-37(47)39(13-55-34)19-11-23(49-5)22(44)10-18(19)7-8-40-39/h9-11,21,27-28,34-35,40,44-45H,7-8,12-14H2,1-6H3/t21?,27?,28?,34?,35?,38?,39-,41?,42?/m1/s1. The van der Waals surface area contributed by atoms with Crippen molar-refractivity contribution in [3.8, 4) is 40.2 Å². The fourth-order valence-corrected chi connectivity index (χ4v) is 12.4. The summed E-state index contributed by atoms with van der Waals surface area (Å²) >= 11 is 1.26. The van der Waals surface area contributed by atoms with Gasteiger partial charge in [0.05, 0.1) is 36.6 Å². The van der Waals surface area contributed by atoms with E-state index in [-0.39, 0.29) is 52.8 Å². The molecular weight excluding hydrogens is 735 g/mol. The van der Waals surface area contributed by atoms with Crippen LogP contribution in [0.5, 0.6) is 40.2 Å². The molecule has 3 N–H and O–H groups in total. The maximum atomic E-state index is 16.3. The Hall–Kier alpha value is -4.74. The lowest BCUT2D eigenvalue weighted by molar-refractivity contribution is -0.873. The Morgan fingerprint density at radius 1 is 1.04 bits per heavy atom. The molecule has 11 rings (SSSR count). The van der Waals surface area contributed by atoms with Crippen LogP contribution in [0.3, 0.4) is 0 Å². The van der Waals surface area contributed by atoms with Crippen LogP contribution in [-0.4, -0.2) is 89.6 Å². The number of esters is 2. The molecule has 8 aliphatic rings. The fraction of sp³-hybridized carbons (Fsp3) is 0.462. The number of benzene rings is 3. The molecule has 0 aliphatic carbocycles. The van der Waals surface area contributed by atoms with Crippen LogP contribution < -0.4 is 29.0 Å². The van der Waals surface area contributed by atoms with Crippen molar-refractivity contribution in [3.05, 3.63) is 67.9 Å². The zero-order chi connectivity index (χ0) is 38.7. The Bertz CT molecular complexity index is 2320. The summed E-state index contributed by atoms with van der Waals surface area (Å²) in [7, 11) is 2.90. The van der Waals surface area contributed by atoms with Gasteiger partial charge in [0.25, 0.3) is 0 Å². The zero-order valence-corrected chi connectivity index (χ0v) is 31.8. The first-order valence-electron chi connectivity index (χ1n) is 18.2. The molecule has 16 heteroatoms. The number of amides is 1. The van der Waals surface area contributed by atoms with Gasteiger partial charge in [-0.05, 0) is 67.6 Å². The molecule has 0 saturated carbocycles. The second-order valence-corrected chi connectivity index (χ2v) is 16.7. The van der Waals surface area contributed by atoms with Crippen LogP contribution in [0.1, 0.15) is 75.7 Å². The Morgan fingerprint density at radius 3 is 2.53 bits per heavy atom. The third-order valence-electron chi connectivity index (χ3n) is 13.0. The third-order valence-corrected chi connectivity index (χ3v) is 14.5. The van der Waals surface area contributed by atoms with E-state index in [1.165, 1.54) is 32.9 Å². The Kier molecular flexibility index (Phi) is 7.07. The van der Waals surface area contributed by atoms with Crippen molar-refractivity contribution >= 4 is 29.6 Å². The van der Waals surface area contributed by atoms with Crippen LogP contribution >= 0.6 is 11.8 Å². The highest BCUT2D eigenvalue weighted by atomic mass is 32.2. The fourth-order valence-electron chi connectivity index (χ4n) is 10.7. The molecular formula is C39H39N3O12S. The summed E-state index contributed by atoms with van der Waals surface area (Å²) in [5, 5.41) is 41.5. The zero-order valence-electron chi connectivity index (χ0n) is 30.9. The van der Waals surface area contributed by atoms with Gasteiger partial charge >= 0.3 is 17.8 Å². The van der Waals surface area contributed by atoms with E-state index in [9.17, 15) is 19.8 Å². The molecule has 8 aliphatic heterocycles. The second kappa shape index (κ2) is 11.2. The lowest BCUT2D eigenvalue weighted by Gasteiger charge is -2.60. The minimum Gasteiger partial charge on any atom is -0.624 e. The number of phenolic OH excluding ortho intramolecular Hbond substituents is 2. The summed E-state index contributed by atoms with van der Waals surface area (Å²) in [5.74, 6) is -0.919. The number of rotatable bonds is 3. The third kappa shape index (κ3) is 4.03. The van der Waals surface area contributed by atoms with Crippen LogP contribution in [0, 0.1) is 19.1 Å². The van der Waals surface area contributed by atoms with Crippen molar-refractivity contribution < 1.29 is 57.7 Å². The minimum atomic E-state index is -1.48. The Labute approximate surface area is 319 Å². The van der Waals surface area contributed by atoms with Gasteiger partial charge in [0.2, 0.25) is 6.79 Å². The van der Waals surface area contributed by atoms with E-state index in [0.29, 0.717) is 46.3 Å². The van der Waals surface area contributed by atoms with Crippen molar-refractivity contribution in [2.75, 3.05) is 39.9 Å². The molecule has 55 heavy (non-hydrogen) atoms. The first-order chi connectivity index (χ1) is 26.2. The number of carbonyl (C=O) groups is 3. The molecule has 1 amide bonds. The number of aromatic hydroxyl groups is 2. The molecule has 1 spiro atoms. The normalized spacial score (nSPS) is 34.2. The first-order valence-corrected chi connectivity index (χ1v) is 19.2. The van der Waals surface area contributed by atoms with Crippen LogP contribution in [0.2, 0.25) is 0 Å².